The van der Waals surface area contributed by atoms with E-state index in [0.717, 1.165) is 26.1 Å². The van der Waals surface area contributed by atoms with Gasteiger partial charge in [-0.15, -0.1) is 0 Å². The topological polar surface area (TPSA) is 29.9 Å². The molecule has 3 rings (SSSR count). The minimum atomic E-state index is 0.657. The van der Waals surface area contributed by atoms with E-state index in [-0.39, 0.29) is 0 Å². The van der Waals surface area contributed by atoms with Crippen LogP contribution in [0.1, 0.15) is 22.7 Å². The van der Waals surface area contributed by atoms with Gasteiger partial charge in [0, 0.05) is 37.4 Å². The van der Waals surface area contributed by atoms with Crippen molar-refractivity contribution < 1.29 is 0 Å². The monoisotopic (exact) mass is 241 g/mol. The van der Waals surface area contributed by atoms with Gasteiger partial charge in [0.2, 0.25) is 0 Å². The molecule has 2 aromatic rings. The van der Waals surface area contributed by atoms with Crippen LogP contribution < -0.4 is 5.32 Å². The number of aryl methyl sites for hydroxylation is 3. The Balaban J connectivity index is 1.68. The van der Waals surface area contributed by atoms with E-state index in [4.69, 9.17) is 0 Å². The third kappa shape index (κ3) is 2.31. The highest BCUT2D eigenvalue weighted by Crippen LogP contribution is 2.19. The molecule has 1 aromatic heterocycles. The van der Waals surface area contributed by atoms with Crippen LogP contribution in [0.5, 0.6) is 0 Å². The summed E-state index contributed by atoms with van der Waals surface area (Å²) in [7, 11) is 0. The molecule has 0 amide bonds. The van der Waals surface area contributed by atoms with Gasteiger partial charge in [-0.2, -0.15) is 0 Å². The van der Waals surface area contributed by atoms with Crippen molar-refractivity contribution in [2.24, 2.45) is 0 Å². The Morgan fingerprint density at radius 2 is 2.28 bits per heavy atom. The summed E-state index contributed by atoms with van der Waals surface area (Å²) >= 11 is 0. The summed E-state index contributed by atoms with van der Waals surface area (Å²) in [5, 5.41) is 3.32. The Kier molecular flexibility index (Phi) is 3.15. The molecule has 1 saturated heterocycles. The van der Waals surface area contributed by atoms with Crippen LogP contribution in [0.2, 0.25) is 0 Å². The second kappa shape index (κ2) is 4.94. The molecule has 3 heteroatoms. The third-order valence-electron chi connectivity index (χ3n) is 3.67. The number of aromatic nitrogens is 2. The van der Waals surface area contributed by atoms with Crippen molar-refractivity contribution in [3.8, 4) is 0 Å². The summed E-state index contributed by atoms with van der Waals surface area (Å²) in [5.74, 6) is 0.657. The smallest absolute Gasteiger partial charge is 0.0948 e. The van der Waals surface area contributed by atoms with Crippen molar-refractivity contribution in [1.29, 1.82) is 0 Å². The molecule has 0 spiro atoms. The predicted octanol–water partition coefficient (Wildman–Crippen LogP) is 2.12. The lowest BCUT2D eigenvalue weighted by molar-refractivity contribution is 0.423. The average Bonchev–Trinajstić information content (AvgIpc) is 2.72. The van der Waals surface area contributed by atoms with Gasteiger partial charge in [-0.25, -0.2) is 4.98 Å². The fourth-order valence-corrected chi connectivity index (χ4v) is 2.47. The molecule has 2 heterocycles. The number of benzene rings is 1. The lowest BCUT2D eigenvalue weighted by Gasteiger charge is -2.27. The van der Waals surface area contributed by atoms with E-state index < -0.39 is 0 Å². The van der Waals surface area contributed by atoms with Gasteiger partial charge in [0.1, 0.15) is 0 Å². The quantitative estimate of drug-likeness (QED) is 0.888. The van der Waals surface area contributed by atoms with Crippen LogP contribution in [-0.2, 0) is 13.0 Å². The van der Waals surface area contributed by atoms with Gasteiger partial charge in [-0.3, -0.25) is 0 Å². The first kappa shape index (κ1) is 11.5. The Bertz CT molecular complexity index is 526. The zero-order valence-electron chi connectivity index (χ0n) is 10.8. The molecule has 0 unspecified atom stereocenters. The molecule has 0 atom stereocenters. The molecule has 1 aliphatic rings. The van der Waals surface area contributed by atoms with Gasteiger partial charge in [0.05, 0.1) is 6.33 Å². The van der Waals surface area contributed by atoms with Crippen LogP contribution >= 0.6 is 0 Å². The van der Waals surface area contributed by atoms with Crippen LogP contribution in [-0.4, -0.2) is 22.6 Å². The highest BCUT2D eigenvalue weighted by atomic mass is 15.1. The van der Waals surface area contributed by atoms with E-state index in [1.807, 2.05) is 12.5 Å². The summed E-state index contributed by atoms with van der Waals surface area (Å²) in [4.78, 5) is 4.29. The maximum Gasteiger partial charge on any atom is 0.0948 e. The predicted molar refractivity (Wildman–Crippen MR) is 72.7 cm³/mol. The van der Waals surface area contributed by atoms with Crippen molar-refractivity contribution in [2.45, 2.75) is 25.8 Å². The number of hydrogen-bond donors (Lipinski definition) is 1. The van der Waals surface area contributed by atoms with Crippen molar-refractivity contribution in [1.82, 2.24) is 14.9 Å². The Hall–Kier alpha value is -1.61. The van der Waals surface area contributed by atoms with Crippen LogP contribution in [0.15, 0.2) is 36.8 Å². The summed E-state index contributed by atoms with van der Waals surface area (Å²) in [6, 6.07) is 8.75. The van der Waals surface area contributed by atoms with Crippen LogP contribution in [0, 0.1) is 6.92 Å². The summed E-state index contributed by atoms with van der Waals surface area (Å²) < 4.78 is 2.30. The number of rotatable bonds is 4. The summed E-state index contributed by atoms with van der Waals surface area (Å²) in [6.07, 6.45) is 5.05. The molecule has 3 nitrogen and oxygen atoms in total. The van der Waals surface area contributed by atoms with Crippen LogP contribution in [0.4, 0.5) is 0 Å². The van der Waals surface area contributed by atoms with Crippen LogP contribution in [0.25, 0.3) is 0 Å². The van der Waals surface area contributed by atoms with Crippen molar-refractivity contribution >= 4 is 0 Å². The fraction of sp³-hybridized carbons (Fsp3) is 0.400. The second-order valence-electron chi connectivity index (χ2n) is 5.11. The van der Waals surface area contributed by atoms with E-state index in [2.05, 4.69) is 46.1 Å². The van der Waals surface area contributed by atoms with Gasteiger partial charge >= 0.3 is 0 Å². The SMILES string of the molecule is Cc1cccc(CCn2cncc2C2CNC2)c1. The van der Waals surface area contributed by atoms with Crippen molar-refractivity contribution in [2.75, 3.05) is 13.1 Å². The second-order valence-corrected chi connectivity index (χ2v) is 5.11. The molecule has 1 aliphatic heterocycles. The summed E-state index contributed by atoms with van der Waals surface area (Å²) in [6.45, 7) is 5.35. The van der Waals surface area contributed by atoms with E-state index in [9.17, 15) is 0 Å². The average molecular weight is 241 g/mol. The Morgan fingerprint density at radius 3 is 3.00 bits per heavy atom. The first-order valence-corrected chi connectivity index (χ1v) is 6.59. The minimum Gasteiger partial charge on any atom is -0.334 e. The molecule has 0 aliphatic carbocycles. The number of imidazole rings is 1. The minimum absolute atomic E-state index is 0.657. The molecule has 94 valence electrons. The molecule has 0 bridgehead atoms. The first-order valence-electron chi connectivity index (χ1n) is 6.59. The molecular formula is C15H19N3. The lowest BCUT2D eigenvalue weighted by atomic mass is 10.00. The normalized spacial score (nSPS) is 15.6. The lowest BCUT2D eigenvalue weighted by Crippen LogP contribution is -2.40. The highest BCUT2D eigenvalue weighted by molar-refractivity contribution is 5.22. The van der Waals surface area contributed by atoms with E-state index in [1.54, 1.807) is 0 Å². The van der Waals surface area contributed by atoms with E-state index >= 15 is 0 Å². The van der Waals surface area contributed by atoms with Gasteiger partial charge in [0.25, 0.3) is 0 Å². The molecule has 1 N–H and O–H groups in total. The summed E-state index contributed by atoms with van der Waals surface area (Å²) in [5.41, 5.74) is 4.12. The third-order valence-corrected chi connectivity index (χ3v) is 3.67. The van der Waals surface area contributed by atoms with Gasteiger partial charge in [0.15, 0.2) is 0 Å². The maximum atomic E-state index is 4.29. The van der Waals surface area contributed by atoms with Crippen molar-refractivity contribution in [3.63, 3.8) is 0 Å². The Labute approximate surface area is 108 Å². The highest BCUT2D eigenvalue weighted by Gasteiger charge is 2.21. The molecule has 0 saturated carbocycles. The molecule has 0 radical (unpaired) electrons. The first-order chi connectivity index (χ1) is 8.83. The standard InChI is InChI=1S/C15H19N3/c1-12-3-2-4-13(7-12)5-6-18-11-17-10-15(18)14-8-16-9-14/h2-4,7,10-11,14,16H,5-6,8-9H2,1H3. The Morgan fingerprint density at radius 1 is 1.39 bits per heavy atom. The molecular weight excluding hydrogens is 222 g/mol. The largest absolute Gasteiger partial charge is 0.334 e. The fourth-order valence-electron chi connectivity index (χ4n) is 2.47. The van der Waals surface area contributed by atoms with Gasteiger partial charge < -0.3 is 9.88 Å². The molecule has 18 heavy (non-hydrogen) atoms. The number of nitrogens with zero attached hydrogens (tertiary/aromatic N) is 2. The maximum absolute atomic E-state index is 4.29. The van der Waals surface area contributed by atoms with Gasteiger partial charge in [-0.1, -0.05) is 29.8 Å². The van der Waals surface area contributed by atoms with E-state index in [1.165, 1.54) is 16.8 Å². The number of hydrogen-bond acceptors (Lipinski definition) is 2. The number of nitrogens with one attached hydrogen (secondary N) is 1. The van der Waals surface area contributed by atoms with Crippen LogP contribution in [0.3, 0.4) is 0 Å². The van der Waals surface area contributed by atoms with Crippen molar-refractivity contribution in [3.05, 3.63) is 53.6 Å². The van der Waals surface area contributed by atoms with E-state index in [0.29, 0.717) is 5.92 Å². The molecule has 1 fully saturated rings. The molecule has 1 aromatic carbocycles. The van der Waals surface area contributed by atoms with Gasteiger partial charge in [-0.05, 0) is 18.9 Å². The zero-order chi connectivity index (χ0) is 12.4. The zero-order valence-corrected chi connectivity index (χ0v) is 10.8.